The van der Waals surface area contributed by atoms with Crippen LogP contribution in [0.4, 0.5) is 0 Å². The molecule has 0 spiro atoms. The maximum absolute atomic E-state index is 12.9. The summed E-state index contributed by atoms with van der Waals surface area (Å²) in [5.41, 5.74) is 1.33. The second-order valence-electron chi connectivity index (χ2n) is 7.09. The average molecular weight is 395 g/mol. The lowest BCUT2D eigenvalue weighted by Crippen LogP contribution is -2.50. The summed E-state index contributed by atoms with van der Waals surface area (Å²) < 4.78 is 7.15. The van der Waals surface area contributed by atoms with Crippen molar-refractivity contribution in [1.29, 1.82) is 0 Å². The molecule has 2 aromatic heterocycles. The van der Waals surface area contributed by atoms with E-state index in [2.05, 4.69) is 44.1 Å². The minimum atomic E-state index is -0.289. The normalized spacial score (nSPS) is 21.7. The van der Waals surface area contributed by atoms with Gasteiger partial charge in [0.2, 0.25) is 0 Å². The van der Waals surface area contributed by atoms with Gasteiger partial charge in [-0.1, -0.05) is 42.1 Å². The van der Waals surface area contributed by atoms with Crippen LogP contribution in [-0.4, -0.2) is 61.9 Å². The van der Waals surface area contributed by atoms with Gasteiger partial charge in [-0.2, -0.15) is 9.78 Å². The quantitative estimate of drug-likeness (QED) is 0.658. The van der Waals surface area contributed by atoms with Gasteiger partial charge in [0.15, 0.2) is 5.16 Å². The van der Waals surface area contributed by atoms with Crippen molar-refractivity contribution >= 4 is 17.7 Å². The first-order valence-corrected chi connectivity index (χ1v) is 10.3. The van der Waals surface area contributed by atoms with E-state index < -0.39 is 0 Å². The van der Waals surface area contributed by atoms with Gasteiger partial charge in [-0.3, -0.25) is 14.6 Å². The highest BCUT2D eigenvalue weighted by Gasteiger charge is 2.44. The van der Waals surface area contributed by atoms with Crippen molar-refractivity contribution in [2.24, 2.45) is 0 Å². The van der Waals surface area contributed by atoms with Gasteiger partial charge >= 0.3 is 0 Å². The Hall–Kier alpha value is -2.42. The van der Waals surface area contributed by atoms with Gasteiger partial charge in [-0.05, 0) is 17.7 Å². The Morgan fingerprint density at radius 1 is 1.11 bits per heavy atom. The number of furan rings is 1. The molecule has 0 amide bonds. The summed E-state index contributed by atoms with van der Waals surface area (Å²) in [7, 11) is 0. The number of benzene rings is 1. The predicted molar refractivity (Wildman–Crippen MR) is 105 cm³/mol. The Balaban J connectivity index is 1.31. The molecule has 0 bridgehead atoms. The SMILES string of the molecule is O=C1C(C(c2ccco2)N2CCN(Cc3ccccc3)CC2)Sc2ncnn21. The fourth-order valence-corrected chi connectivity index (χ4v) is 5.18. The fraction of sp³-hybridized carbons (Fsp3) is 0.350. The topological polar surface area (TPSA) is 67.4 Å². The average Bonchev–Trinajstić information content (AvgIpc) is 3.46. The summed E-state index contributed by atoms with van der Waals surface area (Å²) in [5.74, 6) is 0.804. The third-order valence-electron chi connectivity index (χ3n) is 5.37. The summed E-state index contributed by atoms with van der Waals surface area (Å²) in [4.78, 5) is 21.9. The van der Waals surface area contributed by atoms with E-state index in [4.69, 9.17) is 4.42 Å². The van der Waals surface area contributed by atoms with E-state index in [0.717, 1.165) is 38.5 Å². The van der Waals surface area contributed by atoms with Gasteiger partial charge in [0.05, 0.1) is 12.3 Å². The molecule has 2 atom stereocenters. The van der Waals surface area contributed by atoms with Crippen molar-refractivity contribution in [3.8, 4) is 0 Å². The van der Waals surface area contributed by atoms with Crippen molar-refractivity contribution in [1.82, 2.24) is 24.6 Å². The minimum absolute atomic E-state index is 0.0226. The van der Waals surface area contributed by atoms with Gasteiger partial charge in [0.25, 0.3) is 5.91 Å². The van der Waals surface area contributed by atoms with E-state index in [1.54, 1.807) is 6.26 Å². The highest BCUT2D eigenvalue weighted by atomic mass is 32.2. The third kappa shape index (κ3) is 3.28. The standard InChI is InChI=1S/C20H21N5O2S/c26-19-18(28-20-21-14-22-25(19)20)17(16-7-4-12-27-16)24-10-8-23(9-11-24)13-15-5-2-1-3-6-15/h1-7,12,14,17-18H,8-11,13H2. The van der Waals surface area contributed by atoms with Crippen LogP contribution in [0.3, 0.4) is 0 Å². The summed E-state index contributed by atoms with van der Waals surface area (Å²) in [6, 6.07) is 14.3. The summed E-state index contributed by atoms with van der Waals surface area (Å²) in [6.45, 7) is 4.65. The summed E-state index contributed by atoms with van der Waals surface area (Å²) in [5, 5.41) is 4.45. The number of nitrogens with zero attached hydrogens (tertiary/aromatic N) is 5. The number of thioether (sulfide) groups is 1. The zero-order chi connectivity index (χ0) is 18.9. The molecule has 2 aliphatic heterocycles. The Bertz CT molecular complexity index is 935. The number of aromatic nitrogens is 3. The van der Waals surface area contributed by atoms with Crippen molar-refractivity contribution in [3.05, 3.63) is 66.4 Å². The van der Waals surface area contributed by atoms with Crippen molar-refractivity contribution < 1.29 is 9.21 Å². The Kier molecular flexibility index (Phi) is 4.76. The molecule has 1 fully saturated rings. The van der Waals surface area contributed by atoms with Gasteiger partial charge < -0.3 is 4.42 Å². The minimum Gasteiger partial charge on any atom is -0.468 e. The number of fused-ring (bicyclic) bond motifs is 1. The molecule has 0 radical (unpaired) electrons. The summed E-state index contributed by atoms with van der Waals surface area (Å²) in [6.07, 6.45) is 3.11. The van der Waals surface area contributed by atoms with E-state index in [1.807, 2.05) is 18.2 Å². The number of hydrogen-bond donors (Lipinski definition) is 0. The first kappa shape index (κ1) is 17.7. The Morgan fingerprint density at radius 3 is 2.64 bits per heavy atom. The summed E-state index contributed by atoms with van der Waals surface area (Å²) >= 11 is 1.48. The van der Waals surface area contributed by atoms with Gasteiger partial charge in [-0.25, -0.2) is 4.98 Å². The Labute approximate surface area is 167 Å². The number of carbonyl (C=O) groups excluding carboxylic acids is 1. The van der Waals surface area contributed by atoms with Gasteiger partial charge in [0, 0.05) is 32.7 Å². The molecule has 0 N–H and O–H groups in total. The molecule has 1 aromatic carbocycles. The molecule has 4 heterocycles. The zero-order valence-electron chi connectivity index (χ0n) is 15.3. The lowest BCUT2D eigenvalue weighted by Gasteiger charge is -2.39. The van der Waals surface area contributed by atoms with Crippen molar-refractivity contribution in [3.63, 3.8) is 0 Å². The molecule has 2 unspecified atom stereocenters. The van der Waals surface area contributed by atoms with E-state index >= 15 is 0 Å². The molecule has 0 aliphatic carbocycles. The highest BCUT2D eigenvalue weighted by molar-refractivity contribution is 8.00. The lowest BCUT2D eigenvalue weighted by atomic mass is 10.1. The van der Waals surface area contributed by atoms with Crippen molar-refractivity contribution in [2.45, 2.75) is 23.0 Å². The second kappa shape index (κ2) is 7.54. The molecule has 144 valence electrons. The molecule has 2 aliphatic rings. The van der Waals surface area contributed by atoms with Crippen LogP contribution in [-0.2, 0) is 6.54 Å². The van der Waals surface area contributed by atoms with Crippen LogP contribution in [0.2, 0.25) is 0 Å². The van der Waals surface area contributed by atoms with Gasteiger partial charge in [-0.15, -0.1) is 0 Å². The molecule has 0 saturated carbocycles. The second-order valence-corrected chi connectivity index (χ2v) is 8.20. The van der Waals surface area contributed by atoms with Crippen LogP contribution in [0.5, 0.6) is 0 Å². The van der Waals surface area contributed by atoms with Crippen LogP contribution in [0.1, 0.15) is 22.2 Å². The molecule has 28 heavy (non-hydrogen) atoms. The zero-order valence-corrected chi connectivity index (χ0v) is 16.2. The lowest BCUT2D eigenvalue weighted by molar-refractivity contribution is 0.0666. The maximum atomic E-state index is 12.9. The van der Waals surface area contributed by atoms with Crippen LogP contribution in [0.15, 0.2) is 64.6 Å². The Morgan fingerprint density at radius 2 is 1.93 bits per heavy atom. The molecule has 1 saturated heterocycles. The maximum Gasteiger partial charge on any atom is 0.265 e. The molecule has 3 aromatic rings. The molecule has 5 rings (SSSR count). The van der Waals surface area contributed by atoms with E-state index in [0.29, 0.717) is 5.16 Å². The smallest absolute Gasteiger partial charge is 0.265 e. The molecule has 7 nitrogen and oxygen atoms in total. The van der Waals surface area contributed by atoms with E-state index in [9.17, 15) is 4.79 Å². The first-order valence-electron chi connectivity index (χ1n) is 9.44. The van der Waals surface area contributed by atoms with Crippen molar-refractivity contribution in [2.75, 3.05) is 26.2 Å². The highest BCUT2D eigenvalue weighted by Crippen LogP contribution is 2.40. The monoisotopic (exact) mass is 395 g/mol. The predicted octanol–water partition coefficient (Wildman–Crippen LogP) is 2.54. The number of hydrogen-bond acceptors (Lipinski definition) is 7. The fourth-order valence-electron chi connectivity index (χ4n) is 3.97. The van der Waals surface area contributed by atoms with Crippen LogP contribution in [0.25, 0.3) is 0 Å². The number of carbonyl (C=O) groups is 1. The van der Waals surface area contributed by atoms with Crippen LogP contribution in [0, 0.1) is 0 Å². The largest absolute Gasteiger partial charge is 0.468 e. The number of rotatable bonds is 5. The third-order valence-corrected chi connectivity index (χ3v) is 6.57. The molecular formula is C20H21N5O2S. The molecule has 8 heteroatoms. The number of piperazine rings is 1. The molecular weight excluding hydrogens is 374 g/mol. The van der Waals surface area contributed by atoms with Gasteiger partial charge in [0.1, 0.15) is 17.3 Å². The first-order chi connectivity index (χ1) is 13.8. The van der Waals surface area contributed by atoms with Crippen LogP contribution >= 0.6 is 11.8 Å². The van der Waals surface area contributed by atoms with Crippen LogP contribution < -0.4 is 0 Å². The van der Waals surface area contributed by atoms with E-state index in [-0.39, 0.29) is 17.2 Å². The van der Waals surface area contributed by atoms with E-state index in [1.165, 1.54) is 28.3 Å².